The van der Waals surface area contributed by atoms with Crippen molar-refractivity contribution in [3.63, 3.8) is 0 Å². The molecule has 0 bridgehead atoms. The van der Waals surface area contributed by atoms with Gasteiger partial charge in [-0.3, -0.25) is 0 Å². The number of nitrogens with zero attached hydrogens (tertiary/aromatic N) is 1. The van der Waals surface area contributed by atoms with E-state index in [1.807, 2.05) is 0 Å². The molecule has 0 N–H and O–H groups in total. The van der Waals surface area contributed by atoms with E-state index in [1.54, 1.807) is 0 Å². The van der Waals surface area contributed by atoms with Crippen molar-refractivity contribution in [2.75, 3.05) is 0 Å². The van der Waals surface area contributed by atoms with Crippen molar-refractivity contribution in [1.82, 2.24) is 0 Å². The van der Waals surface area contributed by atoms with Gasteiger partial charge in [-0.1, -0.05) is 57.6 Å². The molecule has 0 saturated heterocycles. The maximum Gasteiger partial charge on any atom is 0.0689 e. The molecule has 2 aliphatic rings. The number of rotatable bonds is 8. The van der Waals surface area contributed by atoms with Gasteiger partial charge in [-0.15, -0.1) is 0 Å². The fraction of sp³-hybridized carbons (Fsp3) is 0.870. The Balaban J connectivity index is 1.72. The predicted octanol–water partition coefficient (Wildman–Crippen LogP) is 7.43. The van der Waals surface area contributed by atoms with Crippen molar-refractivity contribution in [1.29, 1.82) is 5.26 Å². The molecule has 0 aromatic heterocycles. The van der Waals surface area contributed by atoms with Gasteiger partial charge in [0.1, 0.15) is 0 Å². The van der Waals surface area contributed by atoms with Crippen molar-refractivity contribution >= 4 is 0 Å². The van der Waals surface area contributed by atoms with Crippen LogP contribution in [-0.2, 0) is 0 Å². The molecule has 1 heteroatoms. The normalized spacial score (nSPS) is 34.3. The number of nitriles is 1. The van der Waals surface area contributed by atoms with Crippen molar-refractivity contribution in [3.8, 4) is 6.07 Å². The molecule has 0 amide bonds. The van der Waals surface area contributed by atoms with E-state index in [1.165, 1.54) is 64.2 Å². The molecule has 0 heterocycles. The highest BCUT2D eigenvalue weighted by Gasteiger charge is 2.38. The minimum atomic E-state index is -0.00658. The maximum absolute atomic E-state index is 9.70. The number of hydrogen-bond donors (Lipinski definition) is 0. The van der Waals surface area contributed by atoms with Crippen LogP contribution in [0.1, 0.15) is 104 Å². The van der Waals surface area contributed by atoms with Crippen molar-refractivity contribution in [2.45, 2.75) is 104 Å². The Hall–Kier alpha value is -0.770. The van der Waals surface area contributed by atoms with E-state index in [2.05, 4.69) is 32.1 Å². The molecular weight excluding hydrogens is 290 g/mol. The molecule has 0 aromatic carbocycles. The second-order valence-electron chi connectivity index (χ2n) is 8.61. The van der Waals surface area contributed by atoms with Crippen LogP contribution in [-0.4, -0.2) is 0 Å². The van der Waals surface area contributed by atoms with E-state index in [4.69, 9.17) is 0 Å². The van der Waals surface area contributed by atoms with Crippen molar-refractivity contribution in [2.24, 2.45) is 23.2 Å². The SMILES string of the molecule is C/C=C/CCC1(C#N)CCC(C2CCC(CCCCC)CC2)CC1. The van der Waals surface area contributed by atoms with Crippen LogP contribution < -0.4 is 0 Å². The molecule has 1 nitrogen and oxygen atoms in total. The zero-order valence-electron chi connectivity index (χ0n) is 16.2. The fourth-order valence-corrected chi connectivity index (χ4v) is 5.24. The maximum atomic E-state index is 9.70. The predicted molar refractivity (Wildman–Crippen MR) is 104 cm³/mol. The second kappa shape index (κ2) is 10.3. The molecule has 0 aliphatic heterocycles. The van der Waals surface area contributed by atoms with Crippen LogP contribution in [0.3, 0.4) is 0 Å². The monoisotopic (exact) mass is 329 g/mol. The van der Waals surface area contributed by atoms with Gasteiger partial charge in [-0.2, -0.15) is 5.26 Å². The Morgan fingerprint density at radius 1 is 1.00 bits per heavy atom. The average molecular weight is 330 g/mol. The van der Waals surface area contributed by atoms with Gasteiger partial charge in [-0.25, -0.2) is 0 Å². The quantitative estimate of drug-likeness (QED) is 0.335. The summed E-state index contributed by atoms with van der Waals surface area (Å²) in [6, 6.07) is 2.70. The summed E-state index contributed by atoms with van der Waals surface area (Å²) in [5.74, 6) is 2.92. The number of allylic oxidation sites excluding steroid dienone is 2. The lowest BCUT2D eigenvalue weighted by atomic mass is 9.63. The molecule has 2 rings (SSSR count). The van der Waals surface area contributed by atoms with Crippen LogP contribution >= 0.6 is 0 Å². The molecule has 0 atom stereocenters. The molecule has 0 unspecified atom stereocenters. The summed E-state index contributed by atoms with van der Waals surface area (Å²) >= 11 is 0. The lowest BCUT2D eigenvalue weighted by Crippen LogP contribution is -2.31. The molecule has 2 fully saturated rings. The highest BCUT2D eigenvalue weighted by atomic mass is 14.4. The standard InChI is InChI=1S/C23H39N/c1-3-5-7-9-20-10-12-21(13-11-20)22-14-17-23(19-24,18-15-22)16-8-6-4-2/h4,6,20-22H,3,5,7-18H2,1-2H3/b6-4+. The van der Waals surface area contributed by atoms with Crippen LogP contribution in [0.5, 0.6) is 0 Å². The Morgan fingerprint density at radius 2 is 1.67 bits per heavy atom. The molecule has 24 heavy (non-hydrogen) atoms. The van der Waals surface area contributed by atoms with Crippen molar-refractivity contribution < 1.29 is 0 Å². The lowest BCUT2D eigenvalue weighted by molar-refractivity contribution is 0.116. The molecule has 0 aromatic rings. The molecule has 2 saturated carbocycles. The number of unbranched alkanes of at least 4 members (excludes halogenated alkanes) is 2. The second-order valence-corrected chi connectivity index (χ2v) is 8.61. The first-order chi connectivity index (χ1) is 11.7. The summed E-state index contributed by atoms with van der Waals surface area (Å²) in [5, 5.41) is 9.70. The minimum Gasteiger partial charge on any atom is -0.198 e. The minimum absolute atomic E-state index is 0.00658. The van der Waals surface area contributed by atoms with Gasteiger partial charge < -0.3 is 0 Å². The lowest BCUT2D eigenvalue weighted by Gasteiger charge is -2.40. The van der Waals surface area contributed by atoms with E-state index in [9.17, 15) is 5.26 Å². The van der Waals surface area contributed by atoms with Gasteiger partial charge >= 0.3 is 0 Å². The van der Waals surface area contributed by atoms with Crippen LogP contribution in [0, 0.1) is 34.5 Å². The van der Waals surface area contributed by atoms with Gasteiger partial charge in [-0.05, 0) is 76.0 Å². The Kier molecular flexibility index (Phi) is 8.37. The fourth-order valence-electron chi connectivity index (χ4n) is 5.24. The first-order valence-corrected chi connectivity index (χ1v) is 10.8. The largest absolute Gasteiger partial charge is 0.198 e. The highest BCUT2D eigenvalue weighted by Crippen LogP contribution is 2.47. The highest BCUT2D eigenvalue weighted by molar-refractivity contribution is 5.03. The van der Waals surface area contributed by atoms with Gasteiger partial charge in [0, 0.05) is 0 Å². The molecule has 0 radical (unpaired) electrons. The summed E-state index contributed by atoms with van der Waals surface area (Å²) in [5.41, 5.74) is -0.00658. The van der Waals surface area contributed by atoms with E-state index in [0.717, 1.165) is 43.4 Å². The van der Waals surface area contributed by atoms with Gasteiger partial charge in [0.05, 0.1) is 11.5 Å². The number of hydrogen-bond acceptors (Lipinski definition) is 1. The zero-order chi connectivity index (χ0) is 17.3. The molecular formula is C23H39N. The van der Waals surface area contributed by atoms with E-state index >= 15 is 0 Å². The van der Waals surface area contributed by atoms with E-state index in [0.29, 0.717) is 0 Å². The van der Waals surface area contributed by atoms with Crippen molar-refractivity contribution in [3.05, 3.63) is 12.2 Å². The Morgan fingerprint density at radius 3 is 2.25 bits per heavy atom. The average Bonchev–Trinajstić information content (AvgIpc) is 2.63. The molecule has 136 valence electrons. The summed E-state index contributed by atoms with van der Waals surface area (Å²) < 4.78 is 0. The first-order valence-electron chi connectivity index (χ1n) is 10.8. The third kappa shape index (κ3) is 5.65. The summed E-state index contributed by atoms with van der Waals surface area (Å²) in [4.78, 5) is 0. The molecule has 0 spiro atoms. The summed E-state index contributed by atoms with van der Waals surface area (Å²) in [6.07, 6.45) is 23.1. The van der Waals surface area contributed by atoms with E-state index in [-0.39, 0.29) is 5.41 Å². The van der Waals surface area contributed by atoms with Gasteiger partial charge in [0.2, 0.25) is 0 Å². The Bertz CT molecular complexity index is 400. The summed E-state index contributed by atoms with van der Waals surface area (Å²) in [7, 11) is 0. The van der Waals surface area contributed by atoms with Crippen LogP contribution in [0.2, 0.25) is 0 Å². The Labute approximate surface area is 150 Å². The third-order valence-electron chi connectivity index (χ3n) is 7.02. The van der Waals surface area contributed by atoms with Crippen LogP contribution in [0.15, 0.2) is 12.2 Å². The summed E-state index contributed by atoms with van der Waals surface area (Å²) in [6.45, 7) is 4.38. The van der Waals surface area contributed by atoms with Gasteiger partial charge in [0.15, 0.2) is 0 Å². The van der Waals surface area contributed by atoms with E-state index < -0.39 is 0 Å². The topological polar surface area (TPSA) is 23.8 Å². The van der Waals surface area contributed by atoms with Gasteiger partial charge in [0.25, 0.3) is 0 Å². The first kappa shape index (κ1) is 19.6. The van der Waals surface area contributed by atoms with Crippen LogP contribution in [0.4, 0.5) is 0 Å². The molecule has 2 aliphatic carbocycles. The zero-order valence-corrected chi connectivity index (χ0v) is 16.2. The van der Waals surface area contributed by atoms with Crippen LogP contribution in [0.25, 0.3) is 0 Å². The smallest absolute Gasteiger partial charge is 0.0689 e. The third-order valence-corrected chi connectivity index (χ3v) is 7.02.